The molecule has 0 unspecified atom stereocenters. The van der Waals surface area contributed by atoms with E-state index in [2.05, 4.69) is 34.7 Å². The fourth-order valence-corrected chi connectivity index (χ4v) is 3.91. The SMILES string of the molecule is Cc1ccc(-c2ccccc2C(=O)Nc2ccc(NCCc3csc(N)n3)cc2)cc1. The van der Waals surface area contributed by atoms with E-state index in [1.807, 2.05) is 66.0 Å². The van der Waals surface area contributed by atoms with Crippen molar-refractivity contribution in [2.45, 2.75) is 13.3 Å². The summed E-state index contributed by atoms with van der Waals surface area (Å²) < 4.78 is 0. The van der Waals surface area contributed by atoms with Gasteiger partial charge in [-0.2, -0.15) is 0 Å². The van der Waals surface area contributed by atoms with E-state index >= 15 is 0 Å². The van der Waals surface area contributed by atoms with E-state index < -0.39 is 0 Å². The van der Waals surface area contributed by atoms with Gasteiger partial charge in [-0.25, -0.2) is 4.98 Å². The van der Waals surface area contributed by atoms with Crippen LogP contribution in [0.2, 0.25) is 0 Å². The quantitative estimate of drug-likeness (QED) is 0.357. The van der Waals surface area contributed by atoms with Gasteiger partial charge in [-0.1, -0.05) is 48.0 Å². The molecule has 0 aliphatic heterocycles. The Labute approximate surface area is 186 Å². The van der Waals surface area contributed by atoms with E-state index in [1.54, 1.807) is 0 Å². The summed E-state index contributed by atoms with van der Waals surface area (Å²) in [5, 5.41) is 8.94. The number of hydrogen-bond acceptors (Lipinski definition) is 5. The molecule has 6 heteroatoms. The van der Waals surface area contributed by atoms with E-state index in [-0.39, 0.29) is 5.91 Å². The third-order valence-corrected chi connectivity index (χ3v) is 5.68. The van der Waals surface area contributed by atoms with Crippen molar-refractivity contribution in [1.29, 1.82) is 0 Å². The van der Waals surface area contributed by atoms with Gasteiger partial charge in [0.2, 0.25) is 0 Å². The molecule has 0 fully saturated rings. The molecular weight excluding hydrogens is 404 g/mol. The topological polar surface area (TPSA) is 80.0 Å². The number of carbonyl (C=O) groups excluding carboxylic acids is 1. The first-order valence-corrected chi connectivity index (χ1v) is 11.0. The van der Waals surface area contributed by atoms with Crippen LogP contribution < -0.4 is 16.4 Å². The molecule has 1 heterocycles. The lowest BCUT2D eigenvalue weighted by Crippen LogP contribution is -2.13. The average molecular weight is 429 g/mol. The van der Waals surface area contributed by atoms with Crippen LogP contribution in [0.1, 0.15) is 21.6 Å². The standard InChI is InChI=1S/C25H24N4OS/c1-17-6-8-18(9-7-17)22-4-2-3-5-23(22)24(30)28-20-12-10-19(11-13-20)27-15-14-21-16-31-25(26)29-21/h2-13,16,27H,14-15H2,1H3,(H2,26,29)(H,28,30). The van der Waals surface area contributed by atoms with Crippen LogP contribution in [-0.4, -0.2) is 17.4 Å². The second kappa shape index (κ2) is 9.45. The van der Waals surface area contributed by atoms with Gasteiger partial charge < -0.3 is 16.4 Å². The van der Waals surface area contributed by atoms with Gasteiger partial charge in [0.15, 0.2) is 5.13 Å². The normalized spacial score (nSPS) is 10.6. The highest BCUT2D eigenvalue weighted by molar-refractivity contribution is 7.13. The van der Waals surface area contributed by atoms with Crippen molar-refractivity contribution >= 4 is 33.8 Å². The largest absolute Gasteiger partial charge is 0.385 e. The van der Waals surface area contributed by atoms with Crippen molar-refractivity contribution in [2.24, 2.45) is 0 Å². The number of hydrogen-bond donors (Lipinski definition) is 3. The molecular formula is C25H24N4OS. The number of rotatable bonds is 7. The van der Waals surface area contributed by atoms with Gasteiger partial charge >= 0.3 is 0 Å². The van der Waals surface area contributed by atoms with Gasteiger partial charge in [-0.3, -0.25) is 4.79 Å². The molecule has 156 valence electrons. The van der Waals surface area contributed by atoms with E-state index in [0.29, 0.717) is 10.7 Å². The van der Waals surface area contributed by atoms with Crippen molar-refractivity contribution in [2.75, 3.05) is 22.9 Å². The van der Waals surface area contributed by atoms with E-state index in [4.69, 9.17) is 5.73 Å². The van der Waals surface area contributed by atoms with Crippen LogP contribution >= 0.6 is 11.3 Å². The number of aryl methyl sites for hydroxylation is 1. The highest BCUT2D eigenvalue weighted by atomic mass is 32.1. The number of carbonyl (C=O) groups is 1. The number of nitrogens with zero attached hydrogens (tertiary/aromatic N) is 1. The summed E-state index contributed by atoms with van der Waals surface area (Å²) in [5.74, 6) is -0.127. The zero-order valence-corrected chi connectivity index (χ0v) is 18.1. The molecule has 3 aromatic carbocycles. The van der Waals surface area contributed by atoms with Crippen LogP contribution in [-0.2, 0) is 6.42 Å². The second-order valence-electron chi connectivity index (χ2n) is 7.30. The number of amides is 1. The van der Waals surface area contributed by atoms with E-state index in [0.717, 1.165) is 41.2 Å². The zero-order chi connectivity index (χ0) is 21.6. The summed E-state index contributed by atoms with van der Waals surface area (Å²) in [6.07, 6.45) is 0.808. The lowest BCUT2D eigenvalue weighted by Gasteiger charge is -2.12. The third-order valence-electron chi connectivity index (χ3n) is 4.96. The molecule has 4 aromatic rings. The highest BCUT2D eigenvalue weighted by Gasteiger charge is 2.12. The number of nitrogens with one attached hydrogen (secondary N) is 2. The monoisotopic (exact) mass is 428 g/mol. The minimum Gasteiger partial charge on any atom is -0.385 e. The lowest BCUT2D eigenvalue weighted by atomic mass is 9.98. The van der Waals surface area contributed by atoms with Crippen molar-refractivity contribution in [3.63, 3.8) is 0 Å². The molecule has 0 spiro atoms. The third kappa shape index (κ3) is 5.29. The molecule has 5 nitrogen and oxygen atoms in total. The molecule has 4 N–H and O–H groups in total. The van der Waals surface area contributed by atoms with Crippen molar-refractivity contribution in [3.8, 4) is 11.1 Å². The van der Waals surface area contributed by atoms with Gasteiger partial charge in [0.25, 0.3) is 5.91 Å². The smallest absolute Gasteiger partial charge is 0.256 e. The number of nitrogens with two attached hydrogens (primary N) is 1. The minimum absolute atomic E-state index is 0.127. The molecule has 0 atom stereocenters. The predicted octanol–water partition coefficient (Wildman–Crippen LogP) is 5.61. The second-order valence-corrected chi connectivity index (χ2v) is 8.19. The van der Waals surface area contributed by atoms with Crippen LogP contribution in [0.5, 0.6) is 0 Å². The van der Waals surface area contributed by atoms with Crippen molar-refractivity contribution in [3.05, 3.63) is 95.0 Å². The lowest BCUT2D eigenvalue weighted by molar-refractivity contribution is 0.102. The number of aromatic nitrogens is 1. The molecule has 1 aromatic heterocycles. The Bertz CT molecular complexity index is 1170. The Morgan fingerprint density at radius 3 is 2.39 bits per heavy atom. The summed E-state index contributed by atoms with van der Waals surface area (Å²) in [5.41, 5.74) is 12.2. The minimum atomic E-state index is -0.127. The van der Waals surface area contributed by atoms with Gasteiger partial charge in [0.1, 0.15) is 0 Å². The predicted molar refractivity (Wildman–Crippen MR) is 130 cm³/mol. The molecule has 0 saturated heterocycles. The van der Waals surface area contributed by atoms with Gasteiger partial charge in [-0.15, -0.1) is 11.3 Å². The summed E-state index contributed by atoms with van der Waals surface area (Å²) in [6, 6.07) is 23.6. The van der Waals surface area contributed by atoms with Crippen LogP contribution in [0, 0.1) is 6.92 Å². The molecule has 0 aliphatic carbocycles. The maximum Gasteiger partial charge on any atom is 0.256 e. The fourth-order valence-electron chi connectivity index (χ4n) is 3.31. The molecule has 0 bridgehead atoms. The molecule has 0 saturated carbocycles. The number of benzene rings is 3. The average Bonchev–Trinajstić information content (AvgIpc) is 3.20. The summed E-state index contributed by atoms with van der Waals surface area (Å²) >= 11 is 1.46. The van der Waals surface area contributed by atoms with Crippen LogP contribution in [0.3, 0.4) is 0 Å². The van der Waals surface area contributed by atoms with Crippen LogP contribution in [0.15, 0.2) is 78.2 Å². The Balaban J connectivity index is 1.39. The summed E-state index contributed by atoms with van der Waals surface area (Å²) in [7, 11) is 0. The number of anilines is 3. The molecule has 31 heavy (non-hydrogen) atoms. The van der Waals surface area contributed by atoms with Gasteiger partial charge in [-0.05, 0) is 48.4 Å². The number of nitrogen functional groups attached to an aromatic ring is 1. The van der Waals surface area contributed by atoms with Crippen molar-refractivity contribution < 1.29 is 4.79 Å². The Kier molecular flexibility index (Phi) is 6.29. The van der Waals surface area contributed by atoms with E-state index in [9.17, 15) is 4.79 Å². The maximum atomic E-state index is 12.9. The number of thiazole rings is 1. The summed E-state index contributed by atoms with van der Waals surface area (Å²) in [6.45, 7) is 2.81. The first-order chi connectivity index (χ1) is 15.1. The fraction of sp³-hybridized carbons (Fsp3) is 0.120. The Hall–Kier alpha value is -3.64. The molecule has 0 aliphatic rings. The molecule has 4 rings (SSSR count). The van der Waals surface area contributed by atoms with Crippen LogP contribution in [0.25, 0.3) is 11.1 Å². The first kappa shape index (κ1) is 20.6. The zero-order valence-electron chi connectivity index (χ0n) is 17.3. The van der Waals surface area contributed by atoms with Gasteiger partial charge in [0.05, 0.1) is 5.69 Å². The molecule has 0 radical (unpaired) electrons. The summed E-state index contributed by atoms with van der Waals surface area (Å²) in [4.78, 5) is 17.2. The first-order valence-electron chi connectivity index (χ1n) is 10.1. The highest BCUT2D eigenvalue weighted by Crippen LogP contribution is 2.25. The van der Waals surface area contributed by atoms with E-state index in [1.165, 1.54) is 16.9 Å². The van der Waals surface area contributed by atoms with Gasteiger partial charge in [0, 0.05) is 35.3 Å². The maximum absolute atomic E-state index is 12.9. The molecule has 1 amide bonds. The van der Waals surface area contributed by atoms with Crippen molar-refractivity contribution in [1.82, 2.24) is 4.98 Å². The Morgan fingerprint density at radius 1 is 0.968 bits per heavy atom. The van der Waals surface area contributed by atoms with Crippen LogP contribution in [0.4, 0.5) is 16.5 Å². The Morgan fingerprint density at radius 2 is 1.68 bits per heavy atom.